The number of morpholine rings is 1. The van der Waals surface area contributed by atoms with Gasteiger partial charge in [0, 0.05) is 31.6 Å². The molecule has 10 heteroatoms. The first-order chi connectivity index (χ1) is 11.8. The highest BCUT2D eigenvalue weighted by atomic mass is 32.2. The van der Waals surface area contributed by atoms with Gasteiger partial charge in [-0.15, -0.1) is 11.3 Å². The van der Waals surface area contributed by atoms with Gasteiger partial charge in [-0.2, -0.15) is 4.31 Å². The molecule has 2 rings (SSSR count). The molecule has 1 aliphatic rings. The predicted octanol–water partition coefficient (Wildman–Crippen LogP) is 0.643. The standard InChI is InChI=1S/C15H25N3O5S2/c1-3-4-14-16-12(11-24-14)7-17-5-6-23-13(8-17)9-18(10-15(19)20)25(2,21)22/h11,13H,3-10H2,1-2H3,(H,19,20). The van der Waals surface area contributed by atoms with Gasteiger partial charge in [-0.25, -0.2) is 13.4 Å². The number of carboxylic acid groups (broad SMARTS) is 1. The maximum absolute atomic E-state index is 11.8. The van der Waals surface area contributed by atoms with Crippen LogP contribution < -0.4 is 0 Å². The van der Waals surface area contributed by atoms with Gasteiger partial charge >= 0.3 is 5.97 Å². The van der Waals surface area contributed by atoms with Crippen molar-refractivity contribution in [3.63, 3.8) is 0 Å². The molecule has 0 spiro atoms. The molecular weight excluding hydrogens is 366 g/mol. The zero-order valence-corrected chi connectivity index (χ0v) is 16.2. The Labute approximate surface area is 152 Å². The van der Waals surface area contributed by atoms with Crippen molar-refractivity contribution in [3.8, 4) is 0 Å². The molecule has 0 bridgehead atoms. The summed E-state index contributed by atoms with van der Waals surface area (Å²) in [6.07, 6.45) is 2.71. The average Bonchev–Trinajstić information content (AvgIpc) is 2.93. The van der Waals surface area contributed by atoms with E-state index in [0.29, 0.717) is 19.7 Å². The number of sulfonamides is 1. The van der Waals surface area contributed by atoms with Gasteiger partial charge in [-0.05, 0) is 12.8 Å². The zero-order valence-electron chi connectivity index (χ0n) is 14.5. The van der Waals surface area contributed by atoms with Crippen LogP contribution in [0.5, 0.6) is 0 Å². The lowest BCUT2D eigenvalue weighted by Gasteiger charge is -2.34. The normalized spacial score (nSPS) is 19.4. The summed E-state index contributed by atoms with van der Waals surface area (Å²) < 4.78 is 30.1. The summed E-state index contributed by atoms with van der Waals surface area (Å²) in [5.41, 5.74) is 1.01. The molecule has 0 saturated carbocycles. The van der Waals surface area contributed by atoms with E-state index >= 15 is 0 Å². The number of aliphatic carboxylic acids is 1. The fourth-order valence-corrected chi connectivity index (χ4v) is 4.38. The number of aromatic nitrogens is 1. The van der Waals surface area contributed by atoms with Crippen LogP contribution in [0, 0.1) is 0 Å². The van der Waals surface area contributed by atoms with E-state index in [0.717, 1.165) is 40.6 Å². The molecule has 0 aliphatic carbocycles. The third-order valence-corrected chi connectivity index (χ3v) is 6.03. The summed E-state index contributed by atoms with van der Waals surface area (Å²) in [7, 11) is -3.60. The minimum absolute atomic E-state index is 0.0415. The Balaban J connectivity index is 1.93. The smallest absolute Gasteiger partial charge is 0.318 e. The number of nitrogens with zero attached hydrogens (tertiary/aromatic N) is 3. The van der Waals surface area contributed by atoms with Crippen molar-refractivity contribution in [3.05, 3.63) is 16.1 Å². The second-order valence-corrected chi connectivity index (χ2v) is 9.08. The predicted molar refractivity (Wildman–Crippen MR) is 95.2 cm³/mol. The molecule has 1 aliphatic heterocycles. The highest BCUT2D eigenvalue weighted by Gasteiger charge is 2.28. The minimum atomic E-state index is -3.60. The molecule has 142 valence electrons. The van der Waals surface area contributed by atoms with Crippen molar-refractivity contribution in [2.75, 3.05) is 39.0 Å². The van der Waals surface area contributed by atoms with Gasteiger partial charge in [0.1, 0.15) is 6.54 Å². The summed E-state index contributed by atoms with van der Waals surface area (Å²) in [5.74, 6) is -1.18. The number of aryl methyl sites for hydroxylation is 1. The van der Waals surface area contributed by atoms with E-state index in [-0.39, 0.29) is 12.6 Å². The molecule has 0 amide bonds. The van der Waals surface area contributed by atoms with Crippen molar-refractivity contribution in [1.29, 1.82) is 0 Å². The van der Waals surface area contributed by atoms with E-state index in [1.165, 1.54) is 0 Å². The number of thiazole rings is 1. The molecule has 25 heavy (non-hydrogen) atoms. The molecule has 1 saturated heterocycles. The van der Waals surface area contributed by atoms with Gasteiger partial charge in [0.2, 0.25) is 10.0 Å². The molecule has 0 aromatic carbocycles. The van der Waals surface area contributed by atoms with Crippen LogP contribution in [0.15, 0.2) is 5.38 Å². The number of carboxylic acids is 1. The first-order valence-electron chi connectivity index (χ1n) is 8.22. The number of rotatable bonds is 9. The monoisotopic (exact) mass is 391 g/mol. The van der Waals surface area contributed by atoms with Crippen LogP contribution in [0.1, 0.15) is 24.0 Å². The number of hydrogen-bond acceptors (Lipinski definition) is 7. The van der Waals surface area contributed by atoms with E-state index in [1.54, 1.807) is 11.3 Å². The molecular formula is C15H25N3O5S2. The maximum Gasteiger partial charge on any atom is 0.318 e. The molecule has 2 heterocycles. The zero-order chi connectivity index (χ0) is 18.4. The summed E-state index contributed by atoms with van der Waals surface area (Å²) in [5, 5.41) is 12.1. The lowest BCUT2D eigenvalue weighted by atomic mass is 10.2. The van der Waals surface area contributed by atoms with E-state index in [2.05, 4.69) is 22.2 Å². The van der Waals surface area contributed by atoms with E-state index in [1.807, 2.05) is 0 Å². The first-order valence-corrected chi connectivity index (χ1v) is 10.9. The van der Waals surface area contributed by atoms with Crippen molar-refractivity contribution < 1.29 is 23.1 Å². The molecule has 1 atom stereocenters. The molecule has 0 radical (unpaired) electrons. The van der Waals surface area contributed by atoms with Crippen LogP contribution in [-0.4, -0.2) is 78.8 Å². The minimum Gasteiger partial charge on any atom is -0.480 e. The van der Waals surface area contributed by atoms with Crippen LogP contribution in [0.25, 0.3) is 0 Å². The SMILES string of the molecule is CCCc1nc(CN2CCOC(CN(CC(=O)O)S(C)(=O)=O)C2)cs1. The second kappa shape index (κ2) is 9.04. The van der Waals surface area contributed by atoms with Gasteiger partial charge < -0.3 is 9.84 Å². The Morgan fingerprint density at radius 3 is 2.96 bits per heavy atom. The Hall–Kier alpha value is -1.07. The molecule has 1 aromatic rings. The van der Waals surface area contributed by atoms with Crippen LogP contribution >= 0.6 is 11.3 Å². The first kappa shape index (κ1) is 20.2. The maximum atomic E-state index is 11.8. The largest absolute Gasteiger partial charge is 0.480 e. The van der Waals surface area contributed by atoms with E-state index in [9.17, 15) is 13.2 Å². The summed E-state index contributed by atoms with van der Waals surface area (Å²) in [6.45, 7) is 4.09. The molecule has 8 nitrogen and oxygen atoms in total. The van der Waals surface area contributed by atoms with Crippen LogP contribution in [0.2, 0.25) is 0 Å². The van der Waals surface area contributed by atoms with Crippen molar-refractivity contribution >= 4 is 27.3 Å². The Bertz CT molecular complexity index is 676. The lowest BCUT2D eigenvalue weighted by Crippen LogP contribution is -2.49. The van der Waals surface area contributed by atoms with Crippen LogP contribution in [0.4, 0.5) is 0 Å². The van der Waals surface area contributed by atoms with Crippen molar-refractivity contribution in [2.24, 2.45) is 0 Å². The average molecular weight is 392 g/mol. The van der Waals surface area contributed by atoms with Gasteiger partial charge in [0.05, 0.1) is 29.7 Å². The van der Waals surface area contributed by atoms with Gasteiger partial charge in [0.25, 0.3) is 0 Å². The highest BCUT2D eigenvalue weighted by Crippen LogP contribution is 2.16. The van der Waals surface area contributed by atoms with Gasteiger partial charge in [-0.1, -0.05) is 6.92 Å². The summed E-state index contributed by atoms with van der Waals surface area (Å²) >= 11 is 1.66. The van der Waals surface area contributed by atoms with Crippen LogP contribution in [0.3, 0.4) is 0 Å². The van der Waals surface area contributed by atoms with E-state index < -0.39 is 22.5 Å². The lowest BCUT2D eigenvalue weighted by molar-refractivity contribution is -0.137. The molecule has 1 unspecified atom stereocenters. The fourth-order valence-electron chi connectivity index (χ4n) is 2.71. The molecule has 1 aromatic heterocycles. The topological polar surface area (TPSA) is 100 Å². The van der Waals surface area contributed by atoms with Crippen molar-refractivity contribution in [1.82, 2.24) is 14.2 Å². The fraction of sp³-hybridized carbons (Fsp3) is 0.733. The number of carbonyl (C=O) groups is 1. The second-order valence-electron chi connectivity index (χ2n) is 6.16. The molecule has 1 fully saturated rings. The molecule has 1 N–H and O–H groups in total. The van der Waals surface area contributed by atoms with Crippen LogP contribution in [-0.2, 0) is 32.5 Å². The third kappa shape index (κ3) is 6.63. The van der Waals surface area contributed by atoms with E-state index in [4.69, 9.17) is 9.84 Å². The Morgan fingerprint density at radius 1 is 1.56 bits per heavy atom. The number of hydrogen-bond donors (Lipinski definition) is 1. The van der Waals surface area contributed by atoms with Gasteiger partial charge in [0.15, 0.2) is 0 Å². The summed E-state index contributed by atoms with van der Waals surface area (Å²) in [4.78, 5) is 17.7. The Kier molecular flexibility index (Phi) is 7.32. The van der Waals surface area contributed by atoms with Gasteiger partial charge in [-0.3, -0.25) is 9.69 Å². The third-order valence-electron chi connectivity index (χ3n) is 3.86. The van der Waals surface area contributed by atoms with Crippen molar-refractivity contribution in [2.45, 2.75) is 32.4 Å². The highest BCUT2D eigenvalue weighted by molar-refractivity contribution is 7.88. The summed E-state index contributed by atoms with van der Waals surface area (Å²) in [6, 6.07) is 0. The number of ether oxygens (including phenoxy) is 1. The quantitative estimate of drug-likeness (QED) is 0.659. The Morgan fingerprint density at radius 2 is 2.32 bits per heavy atom.